The summed E-state index contributed by atoms with van der Waals surface area (Å²) < 4.78 is 0. The number of hydrogen-bond acceptors (Lipinski definition) is 2. The molecule has 2 heteroatoms. The van der Waals surface area contributed by atoms with Crippen LogP contribution in [0.5, 0.6) is 0 Å². The summed E-state index contributed by atoms with van der Waals surface area (Å²) >= 11 is 0. The van der Waals surface area contributed by atoms with Crippen LogP contribution in [0.4, 0.5) is 0 Å². The molecule has 0 aliphatic heterocycles. The molecule has 0 aliphatic carbocycles. The van der Waals surface area contributed by atoms with Gasteiger partial charge in [-0.15, -0.1) is 0 Å². The maximum Gasteiger partial charge on any atom is 0.0488 e. The zero-order valence-corrected chi connectivity index (χ0v) is 3.39. The van der Waals surface area contributed by atoms with E-state index >= 15 is 0 Å². The molecular weight excluding hydrogens is 76.1 g/mol. The topological polar surface area (TPSA) is 36.2 Å². The van der Waals surface area contributed by atoms with Crippen molar-refractivity contribution in [3.63, 3.8) is 0 Å². The van der Waals surface area contributed by atoms with E-state index in [1.807, 2.05) is 0 Å². The van der Waals surface area contributed by atoms with Crippen LogP contribution in [0.3, 0.4) is 0 Å². The van der Waals surface area contributed by atoms with Gasteiger partial charge < -0.3 is 0 Å². The van der Waals surface area contributed by atoms with Crippen molar-refractivity contribution in [3.8, 4) is 0 Å². The van der Waals surface area contributed by atoms with Gasteiger partial charge in [-0.25, -0.2) is 5.53 Å². The maximum absolute atomic E-state index is 6.20. The molecule has 0 heterocycles. The highest BCUT2D eigenvalue weighted by atomic mass is 14.9. The fourth-order valence-electron chi connectivity index (χ4n) is 0.104. The number of nitrogens with zero attached hydrogens (tertiary/aromatic N) is 1. The van der Waals surface area contributed by atoms with Crippen LogP contribution in [0, 0.1) is 5.53 Å². The Hall–Kier alpha value is -0.920. The van der Waals surface area contributed by atoms with Gasteiger partial charge in [-0.1, -0.05) is 12.7 Å². The second-order valence-electron chi connectivity index (χ2n) is 0.706. The summed E-state index contributed by atoms with van der Waals surface area (Å²) in [6.07, 6.45) is 4.51. The molecule has 2 nitrogen and oxygen atoms in total. The standard InChI is InChI=1S/C4H6N2/c1-2-3-4-6-5/h2-5H,1H2/b4-3-,6-5?. The highest BCUT2D eigenvalue weighted by molar-refractivity contribution is 4.94. The molecule has 0 aromatic carbocycles. The molecule has 0 saturated carbocycles. The fraction of sp³-hybridized carbons (Fsp3) is 0. The van der Waals surface area contributed by atoms with Crippen LogP contribution in [0.25, 0.3) is 0 Å². The van der Waals surface area contributed by atoms with Crippen LogP contribution >= 0.6 is 0 Å². The van der Waals surface area contributed by atoms with E-state index in [9.17, 15) is 0 Å². The molecule has 0 saturated heterocycles. The van der Waals surface area contributed by atoms with Crippen LogP contribution in [0.2, 0.25) is 0 Å². The van der Waals surface area contributed by atoms with Gasteiger partial charge in [0.1, 0.15) is 0 Å². The smallest absolute Gasteiger partial charge is 0.0488 e. The Morgan fingerprint density at radius 2 is 2.33 bits per heavy atom. The van der Waals surface area contributed by atoms with Gasteiger partial charge in [0.25, 0.3) is 0 Å². The van der Waals surface area contributed by atoms with E-state index in [0.717, 1.165) is 0 Å². The van der Waals surface area contributed by atoms with Crippen molar-refractivity contribution >= 4 is 0 Å². The summed E-state index contributed by atoms with van der Waals surface area (Å²) in [6, 6.07) is 0. The first-order valence-corrected chi connectivity index (χ1v) is 1.56. The molecule has 0 aliphatic rings. The van der Waals surface area contributed by atoms with Crippen LogP contribution in [0.15, 0.2) is 30.0 Å². The zero-order chi connectivity index (χ0) is 4.83. The Bertz CT molecular complexity index is 63.6. The molecule has 1 N–H and O–H groups in total. The lowest BCUT2D eigenvalue weighted by Crippen LogP contribution is -1.38. The second kappa shape index (κ2) is 4.08. The third kappa shape index (κ3) is 3.08. The van der Waals surface area contributed by atoms with E-state index < -0.39 is 0 Å². The summed E-state index contributed by atoms with van der Waals surface area (Å²) in [5.41, 5.74) is 6.20. The highest BCUT2D eigenvalue weighted by Crippen LogP contribution is 1.69. The molecule has 32 valence electrons. The minimum absolute atomic E-state index is 1.35. The normalized spacial score (nSPS) is 8.67. The monoisotopic (exact) mass is 82.1 g/mol. The maximum atomic E-state index is 6.20. The quantitative estimate of drug-likeness (QED) is 0.389. The summed E-state index contributed by atoms with van der Waals surface area (Å²) in [7, 11) is 0. The van der Waals surface area contributed by atoms with Crippen molar-refractivity contribution < 1.29 is 0 Å². The van der Waals surface area contributed by atoms with Gasteiger partial charge in [0.15, 0.2) is 0 Å². The van der Waals surface area contributed by atoms with E-state index in [0.29, 0.717) is 0 Å². The van der Waals surface area contributed by atoms with Gasteiger partial charge >= 0.3 is 0 Å². The molecule has 0 fully saturated rings. The van der Waals surface area contributed by atoms with Gasteiger partial charge in [0.05, 0.1) is 0 Å². The Kier molecular flexibility index (Phi) is 3.45. The average Bonchev–Trinajstić information content (AvgIpc) is 1.61. The van der Waals surface area contributed by atoms with Gasteiger partial charge in [0.2, 0.25) is 0 Å². The first-order valence-electron chi connectivity index (χ1n) is 1.56. The van der Waals surface area contributed by atoms with Crippen molar-refractivity contribution in [2.24, 2.45) is 5.11 Å². The first kappa shape index (κ1) is 5.08. The Morgan fingerprint density at radius 1 is 1.67 bits per heavy atom. The Labute approximate surface area is 36.7 Å². The van der Waals surface area contributed by atoms with Gasteiger partial charge in [-0.3, -0.25) is 0 Å². The van der Waals surface area contributed by atoms with Crippen molar-refractivity contribution in [2.75, 3.05) is 0 Å². The predicted octanol–water partition coefficient (Wildman–Crippen LogP) is 1.72. The molecule has 0 aromatic rings. The molecule has 0 rings (SSSR count). The van der Waals surface area contributed by atoms with Crippen molar-refractivity contribution in [1.29, 1.82) is 5.53 Å². The molecule has 0 unspecified atom stereocenters. The number of hydrogen-bond donors (Lipinski definition) is 1. The zero-order valence-electron chi connectivity index (χ0n) is 3.39. The molecule has 0 amide bonds. The van der Waals surface area contributed by atoms with Crippen LogP contribution in [-0.2, 0) is 0 Å². The molecule has 6 heavy (non-hydrogen) atoms. The number of allylic oxidation sites excluding steroid dienone is 2. The van der Waals surface area contributed by atoms with Gasteiger partial charge in [0, 0.05) is 6.20 Å². The number of nitrogens with one attached hydrogen (secondary N) is 1. The molecule has 0 spiro atoms. The molecule has 0 atom stereocenters. The molecule has 0 radical (unpaired) electrons. The van der Waals surface area contributed by atoms with Crippen LogP contribution in [-0.4, -0.2) is 0 Å². The summed E-state index contributed by atoms with van der Waals surface area (Å²) in [4.78, 5) is 0. The van der Waals surface area contributed by atoms with E-state index in [-0.39, 0.29) is 0 Å². The lowest BCUT2D eigenvalue weighted by atomic mass is 10.6. The second-order valence-corrected chi connectivity index (χ2v) is 0.706. The third-order valence-electron chi connectivity index (χ3n) is 0.297. The van der Waals surface area contributed by atoms with E-state index in [1.54, 1.807) is 12.2 Å². The third-order valence-corrected chi connectivity index (χ3v) is 0.297. The summed E-state index contributed by atoms with van der Waals surface area (Å²) in [5.74, 6) is 0. The predicted molar refractivity (Wildman–Crippen MR) is 24.5 cm³/mol. The van der Waals surface area contributed by atoms with E-state index in [2.05, 4.69) is 11.7 Å². The molecule has 0 bridgehead atoms. The number of rotatable bonds is 2. The van der Waals surface area contributed by atoms with Gasteiger partial charge in [-0.05, 0) is 6.08 Å². The average molecular weight is 82.1 g/mol. The van der Waals surface area contributed by atoms with Crippen LogP contribution < -0.4 is 0 Å². The Morgan fingerprint density at radius 3 is 2.50 bits per heavy atom. The lowest BCUT2D eigenvalue weighted by Gasteiger charge is -1.59. The lowest BCUT2D eigenvalue weighted by molar-refractivity contribution is 1.14. The van der Waals surface area contributed by atoms with E-state index in [1.165, 1.54) is 6.20 Å². The minimum Gasteiger partial charge on any atom is -0.205 e. The molecule has 0 aromatic heterocycles. The van der Waals surface area contributed by atoms with Crippen molar-refractivity contribution in [3.05, 3.63) is 24.9 Å². The SMILES string of the molecule is C=C/C=C\N=N. The fourth-order valence-corrected chi connectivity index (χ4v) is 0.104. The van der Waals surface area contributed by atoms with Crippen molar-refractivity contribution in [1.82, 2.24) is 0 Å². The Balaban J connectivity index is 3.17. The largest absolute Gasteiger partial charge is 0.205 e. The summed E-state index contributed by atoms with van der Waals surface area (Å²) in [6.45, 7) is 3.37. The van der Waals surface area contributed by atoms with Crippen molar-refractivity contribution in [2.45, 2.75) is 0 Å². The highest BCUT2D eigenvalue weighted by Gasteiger charge is 1.49. The first-order chi connectivity index (χ1) is 2.91. The molecular formula is C4H6N2. The van der Waals surface area contributed by atoms with E-state index in [4.69, 9.17) is 5.53 Å². The summed E-state index contributed by atoms with van der Waals surface area (Å²) in [5, 5.41) is 2.92. The van der Waals surface area contributed by atoms with Gasteiger partial charge in [-0.2, -0.15) is 5.11 Å². The minimum atomic E-state index is 1.35. The van der Waals surface area contributed by atoms with Crippen LogP contribution in [0.1, 0.15) is 0 Å².